The van der Waals surface area contributed by atoms with E-state index in [9.17, 15) is 0 Å². The number of rotatable bonds is 1. The number of hydrogen-bond donors (Lipinski definition) is 0. The summed E-state index contributed by atoms with van der Waals surface area (Å²) in [5, 5.41) is 0. The van der Waals surface area contributed by atoms with Gasteiger partial charge in [0.05, 0.1) is 0 Å². The van der Waals surface area contributed by atoms with Gasteiger partial charge in [0.25, 0.3) is 0 Å². The summed E-state index contributed by atoms with van der Waals surface area (Å²) in [6.07, 6.45) is 2.69. The van der Waals surface area contributed by atoms with E-state index in [0.717, 1.165) is 6.54 Å². The lowest BCUT2D eigenvalue weighted by molar-refractivity contribution is 0.270. The summed E-state index contributed by atoms with van der Waals surface area (Å²) in [7, 11) is 2.26. The fourth-order valence-electron chi connectivity index (χ4n) is 3.72. The normalized spacial score (nSPS) is 20.9. The van der Waals surface area contributed by atoms with E-state index >= 15 is 0 Å². The van der Waals surface area contributed by atoms with Gasteiger partial charge >= 0.3 is 0 Å². The molecule has 0 atom stereocenters. The first-order valence-corrected chi connectivity index (χ1v) is 7.75. The third-order valence-corrected chi connectivity index (χ3v) is 4.94. The van der Waals surface area contributed by atoms with Gasteiger partial charge < -0.3 is 4.90 Å². The maximum atomic E-state index is 4.26. The molecule has 1 spiro atoms. The Morgan fingerprint density at radius 2 is 1.90 bits per heavy atom. The Kier molecular flexibility index (Phi) is 2.92. The summed E-state index contributed by atoms with van der Waals surface area (Å²) in [6.45, 7) is 15.6. The molecule has 1 fully saturated rings. The van der Waals surface area contributed by atoms with Gasteiger partial charge in [-0.1, -0.05) is 45.1 Å². The van der Waals surface area contributed by atoms with E-state index in [4.69, 9.17) is 0 Å². The van der Waals surface area contributed by atoms with Gasteiger partial charge in [0, 0.05) is 18.5 Å². The van der Waals surface area contributed by atoms with E-state index < -0.39 is 0 Å². The first-order chi connectivity index (χ1) is 9.23. The van der Waals surface area contributed by atoms with Crippen molar-refractivity contribution >= 4 is 5.57 Å². The summed E-state index contributed by atoms with van der Waals surface area (Å²) >= 11 is 0. The molecule has 1 saturated carbocycles. The highest BCUT2D eigenvalue weighted by atomic mass is 15.1. The fourth-order valence-corrected chi connectivity index (χ4v) is 3.72. The minimum atomic E-state index is 0.200. The van der Waals surface area contributed by atoms with Crippen molar-refractivity contribution in [1.82, 2.24) is 4.90 Å². The average Bonchev–Trinajstić information content (AvgIpc) is 3.05. The summed E-state index contributed by atoms with van der Waals surface area (Å²) < 4.78 is 0. The van der Waals surface area contributed by atoms with E-state index in [1.54, 1.807) is 11.1 Å². The van der Waals surface area contributed by atoms with E-state index in [1.165, 1.54) is 36.1 Å². The van der Waals surface area contributed by atoms with Crippen LogP contribution >= 0.6 is 0 Å². The molecule has 1 heterocycles. The van der Waals surface area contributed by atoms with Crippen LogP contribution in [0.4, 0.5) is 0 Å². The van der Waals surface area contributed by atoms with Crippen LogP contribution in [0, 0.1) is 0 Å². The number of benzene rings is 1. The average molecular weight is 269 g/mol. The lowest BCUT2D eigenvalue weighted by Crippen LogP contribution is -2.36. The second-order valence-electron chi connectivity index (χ2n) is 8.04. The standard InChI is InChI=1S/C19H27N/c1-13(2)16-10-15(18(3,4)5)9-14-11-20(6)12-19(7-8-19)17(14)16/h9-10H,1,7-8,11-12H2,2-6H3. The van der Waals surface area contributed by atoms with Crippen LogP contribution in [0.1, 0.15) is 62.8 Å². The molecule has 0 aromatic heterocycles. The molecule has 0 N–H and O–H groups in total. The molecule has 2 aliphatic rings. The Balaban J connectivity index is 2.23. The molecular formula is C19H27N. The van der Waals surface area contributed by atoms with Gasteiger partial charge in [-0.2, -0.15) is 0 Å². The topological polar surface area (TPSA) is 3.24 Å². The monoisotopic (exact) mass is 269 g/mol. The van der Waals surface area contributed by atoms with Gasteiger partial charge in [-0.15, -0.1) is 0 Å². The van der Waals surface area contributed by atoms with Gasteiger partial charge in [-0.25, -0.2) is 0 Å². The maximum Gasteiger partial charge on any atom is 0.0234 e. The molecule has 1 aromatic rings. The molecule has 0 radical (unpaired) electrons. The van der Waals surface area contributed by atoms with Crippen molar-refractivity contribution in [2.45, 2.75) is 57.9 Å². The molecule has 1 aliphatic carbocycles. The van der Waals surface area contributed by atoms with Crippen LogP contribution < -0.4 is 0 Å². The Morgan fingerprint density at radius 3 is 2.40 bits per heavy atom. The maximum absolute atomic E-state index is 4.26. The summed E-state index contributed by atoms with van der Waals surface area (Å²) in [5.74, 6) is 0. The highest BCUT2D eigenvalue weighted by Gasteiger charge is 2.49. The summed E-state index contributed by atoms with van der Waals surface area (Å²) in [6, 6.07) is 4.87. The number of hydrogen-bond acceptors (Lipinski definition) is 1. The van der Waals surface area contributed by atoms with Crippen molar-refractivity contribution in [3.63, 3.8) is 0 Å². The van der Waals surface area contributed by atoms with Crippen molar-refractivity contribution in [3.8, 4) is 0 Å². The minimum Gasteiger partial charge on any atom is -0.301 e. The Bertz CT molecular complexity index is 570. The van der Waals surface area contributed by atoms with Crippen LogP contribution in [-0.2, 0) is 17.4 Å². The third kappa shape index (κ3) is 2.13. The zero-order chi connectivity index (χ0) is 14.7. The molecule has 20 heavy (non-hydrogen) atoms. The molecule has 1 heteroatoms. The SMILES string of the molecule is C=C(C)c1cc(C(C)(C)C)cc2c1C1(CC1)CN(C)C2. The molecule has 3 rings (SSSR count). The van der Waals surface area contributed by atoms with Gasteiger partial charge in [0.2, 0.25) is 0 Å². The minimum absolute atomic E-state index is 0.200. The molecule has 0 unspecified atom stereocenters. The molecule has 0 amide bonds. The molecule has 0 saturated heterocycles. The molecule has 1 nitrogen and oxygen atoms in total. The largest absolute Gasteiger partial charge is 0.301 e. The third-order valence-electron chi connectivity index (χ3n) is 4.94. The predicted octanol–water partition coefficient (Wildman–Crippen LogP) is 4.49. The number of allylic oxidation sites excluding steroid dienone is 1. The van der Waals surface area contributed by atoms with E-state index in [0.29, 0.717) is 5.41 Å². The van der Waals surface area contributed by atoms with Crippen LogP contribution in [0.3, 0.4) is 0 Å². The second kappa shape index (κ2) is 4.21. The molecule has 108 valence electrons. The van der Waals surface area contributed by atoms with Crippen molar-refractivity contribution in [3.05, 3.63) is 41.0 Å². The summed E-state index contributed by atoms with van der Waals surface area (Å²) in [5.41, 5.74) is 7.90. The lowest BCUT2D eigenvalue weighted by atomic mass is 9.77. The first-order valence-electron chi connectivity index (χ1n) is 7.75. The van der Waals surface area contributed by atoms with Crippen LogP contribution in [0.2, 0.25) is 0 Å². The van der Waals surface area contributed by atoms with Crippen LogP contribution in [0.25, 0.3) is 5.57 Å². The van der Waals surface area contributed by atoms with E-state index in [1.807, 2.05) is 0 Å². The number of fused-ring (bicyclic) bond motifs is 2. The summed E-state index contributed by atoms with van der Waals surface area (Å²) in [4.78, 5) is 2.49. The molecular weight excluding hydrogens is 242 g/mol. The molecule has 1 aliphatic heterocycles. The highest BCUT2D eigenvalue weighted by Crippen LogP contribution is 2.54. The van der Waals surface area contributed by atoms with Crippen molar-refractivity contribution in [2.75, 3.05) is 13.6 Å². The van der Waals surface area contributed by atoms with Gasteiger partial charge in [0.1, 0.15) is 0 Å². The fraction of sp³-hybridized carbons (Fsp3) is 0.579. The second-order valence-corrected chi connectivity index (χ2v) is 8.04. The Morgan fingerprint density at radius 1 is 1.25 bits per heavy atom. The van der Waals surface area contributed by atoms with Crippen LogP contribution in [-0.4, -0.2) is 18.5 Å². The van der Waals surface area contributed by atoms with E-state index in [-0.39, 0.29) is 5.41 Å². The first kappa shape index (κ1) is 13.9. The quantitative estimate of drug-likeness (QED) is 0.726. The van der Waals surface area contributed by atoms with Gasteiger partial charge in [-0.05, 0) is 54.5 Å². The Hall–Kier alpha value is -1.08. The molecule has 0 bridgehead atoms. The predicted molar refractivity (Wildman–Crippen MR) is 87.1 cm³/mol. The zero-order valence-electron chi connectivity index (χ0n) is 13.6. The van der Waals surface area contributed by atoms with Crippen molar-refractivity contribution in [1.29, 1.82) is 0 Å². The number of likely N-dealkylation sites (N-methyl/N-ethyl adjacent to an activating group) is 1. The zero-order valence-corrected chi connectivity index (χ0v) is 13.6. The van der Waals surface area contributed by atoms with Crippen LogP contribution in [0.15, 0.2) is 18.7 Å². The highest BCUT2D eigenvalue weighted by molar-refractivity contribution is 5.70. The van der Waals surface area contributed by atoms with Gasteiger partial charge in [-0.3, -0.25) is 0 Å². The smallest absolute Gasteiger partial charge is 0.0234 e. The van der Waals surface area contributed by atoms with E-state index in [2.05, 4.69) is 58.4 Å². The van der Waals surface area contributed by atoms with Gasteiger partial charge in [0.15, 0.2) is 0 Å². The Labute approximate surface area is 123 Å². The van der Waals surface area contributed by atoms with Crippen molar-refractivity contribution < 1.29 is 0 Å². The van der Waals surface area contributed by atoms with Crippen molar-refractivity contribution in [2.24, 2.45) is 0 Å². The molecule has 1 aromatic carbocycles. The number of nitrogens with zero attached hydrogens (tertiary/aromatic N) is 1. The van der Waals surface area contributed by atoms with Crippen LogP contribution in [0.5, 0.6) is 0 Å². The lowest BCUT2D eigenvalue weighted by Gasteiger charge is -2.36.